The van der Waals surface area contributed by atoms with Gasteiger partial charge in [0.25, 0.3) is 0 Å². The van der Waals surface area contributed by atoms with Crippen LogP contribution in [0.25, 0.3) is 0 Å². The largest absolute Gasteiger partial charge is 0.447 e. The quantitative estimate of drug-likeness (QED) is 0.776. The highest BCUT2D eigenvalue weighted by molar-refractivity contribution is 5.85. The molecule has 124 valence electrons. The number of benzene rings is 1. The van der Waals surface area contributed by atoms with Crippen molar-refractivity contribution < 1.29 is 19.1 Å². The molecule has 6 nitrogen and oxygen atoms in total. The minimum Gasteiger partial charge on any atom is -0.447 e. The second-order valence-corrected chi connectivity index (χ2v) is 4.96. The van der Waals surface area contributed by atoms with Crippen molar-refractivity contribution in [1.29, 1.82) is 0 Å². The number of carbonyl (C=O) groups excluding carboxylic acids is 2. The van der Waals surface area contributed by atoms with Crippen molar-refractivity contribution >= 4 is 17.9 Å². The summed E-state index contributed by atoms with van der Waals surface area (Å²) < 4.78 is 10.3. The van der Waals surface area contributed by atoms with Crippen LogP contribution in [0.2, 0.25) is 0 Å². The van der Waals surface area contributed by atoms with E-state index < -0.39 is 12.2 Å². The molecule has 0 aromatic heterocycles. The second-order valence-electron chi connectivity index (χ2n) is 4.96. The van der Waals surface area contributed by atoms with Crippen molar-refractivity contribution in [3.63, 3.8) is 0 Å². The molecule has 23 heavy (non-hydrogen) atoms. The van der Waals surface area contributed by atoms with Crippen LogP contribution < -0.4 is 10.1 Å². The third kappa shape index (κ3) is 6.69. The highest BCUT2D eigenvalue weighted by atomic mass is 16.6. The first kappa shape index (κ1) is 18.3. The SMILES string of the molecule is C=CCN(CC=C)C(=O)Oc1cccc(NC(=O)OC(C)C)c1. The Bertz CT molecular complexity index is 559. The van der Waals surface area contributed by atoms with Crippen LogP contribution in [0.1, 0.15) is 13.8 Å². The lowest BCUT2D eigenvalue weighted by Crippen LogP contribution is -2.33. The number of rotatable bonds is 7. The Balaban J connectivity index is 2.72. The van der Waals surface area contributed by atoms with Crippen LogP contribution in [0.5, 0.6) is 5.75 Å². The Morgan fingerprint density at radius 1 is 1.26 bits per heavy atom. The summed E-state index contributed by atoms with van der Waals surface area (Å²) in [6.07, 6.45) is 1.90. The molecule has 0 bridgehead atoms. The number of nitrogens with one attached hydrogen (secondary N) is 1. The summed E-state index contributed by atoms with van der Waals surface area (Å²) >= 11 is 0. The van der Waals surface area contributed by atoms with Crippen LogP contribution in [0.15, 0.2) is 49.6 Å². The van der Waals surface area contributed by atoms with Gasteiger partial charge in [0.15, 0.2) is 0 Å². The van der Waals surface area contributed by atoms with Crippen LogP contribution in [-0.2, 0) is 4.74 Å². The zero-order valence-electron chi connectivity index (χ0n) is 13.5. The van der Waals surface area contributed by atoms with E-state index in [0.717, 1.165) is 0 Å². The minimum absolute atomic E-state index is 0.220. The van der Waals surface area contributed by atoms with Crippen LogP contribution in [0.3, 0.4) is 0 Å². The van der Waals surface area contributed by atoms with E-state index in [4.69, 9.17) is 9.47 Å². The Hall–Kier alpha value is -2.76. The van der Waals surface area contributed by atoms with Gasteiger partial charge >= 0.3 is 12.2 Å². The molecule has 0 aliphatic carbocycles. The van der Waals surface area contributed by atoms with E-state index in [0.29, 0.717) is 24.5 Å². The number of carbonyl (C=O) groups is 2. The molecule has 0 saturated heterocycles. The minimum atomic E-state index is -0.566. The molecule has 0 unspecified atom stereocenters. The molecule has 1 N–H and O–H groups in total. The Morgan fingerprint density at radius 3 is 2.48 bits per heavy atom. The summed E-state index contributed by atoms with van der Waals surface area (Å²) in [6, 6.07) is 6.50. The van der Waals surface area contributed by atoms with E-state index in [-0.39, 0.29) is 6.10 Å². The second kappa shape index (κ2) is 9.30. The van der Waals surface area contributed by atoms with E-state index >= 15 is 0 Å². The predicted molar refractivity (Wildman–Crippen MR) is 89.7 cm³/mol. The monoisotopic (exact) mass is 318 g/mol. The molecule has 0 atom stereocenters. The molecule has 0 radical (unpaired) electrons. The van der Waals surface area contributed by atoms with Gasteiger partial charge in [0.1, 0.15) is 5.75 Å². The molecular weight excluding hydrogens is 296 g/mol. The van der Waals surface area contributed by atoms with Crippen LogP contribution in [-0.4, -0.2) is 36.3 Å². The van der Waals surface area contributed by atoms with Gasteiger partial charge in [0, 0.05) is 24.8 Å². The Labute approximate surface area is 136 Å². The molecule has 1 rings (SSSR count). The first-order valence-corrected chi connectivity index (χ1v) is 7.22. The average molecular weight is 318 g/mol. The van der Waals surface area contributed by atoms with E-state index in [1.54, 1.807) is 50.3 Å². The lowest BCUT2D eigenvalue weighted by molar-refractivity contribution is 0.130. The average Bonchev–Trinajstić information content (AvgIpc) is 2.46. The predicted octanol–water partition coefficient (Wildman–Crippen LogP) is 3.82. The number of nitrogens with zero attached hydrogens (tertiary/aromatic N) is 1. The van der Waals surface area contributed by atoms with Gasteiger partial charge in [-0.25, -0.2) is 9.59 Å². The van der Waals surface area contributed by atoms with E-state index in [1.807, 2.05) is 0 Å². The number of amides is 2. The van der Waals surface area contributed by atoms with Crippen LogP contribution in [0.4, 0.5) is 15.3 Å². The standard InChI is InChI=1S/C17H22N2O4/c1-5-10-19(11-6-2)17(21)23-15-9-7-8-14(12-15)18-16(20)22-13(3)4/h5-9,12-13H,1-2,10-11H2,3-4H3,(H,18,20). The van der Waals surface area contributed by atoms with Gasteiger partial charge in [-0.05, 0) is 26.0 Å². The molecule has 1 aromatic rings. The van der Waals surface area contributed by atoms with Crippen molar-refractivity contribution in [3.05, 3.63) is 49.6 Å². The Morgan fingerprint density at radius 2 is 1.91 bits per heavy atom. The smallest absolute Gasteiger partial charge is 0.415 e. The first-order valence-electron chi connectivity index (χ1n) is 7.22. The van der Waals surface area contributed by atoms with Crippen molar-refractivity contribution in [2.75, 3.05) is 18.4 Å². The van der Waals surface area contributed by atoms with Crippen molar-refractivity contribution in [3.8, 4) is 5.75 Å². The van der Waals surface area contributed by atoms with Crippen molar-refractivity contribution in [2.45, 2.75) is 20.0 Å². The zero-order chi connectivity index (χ0) is 17.2. The van der Waals surface area contributed by atoms with Crippen LogP contribution in [0, 0.1) is 0 Å². The summed E-state index contributed by atoms with van der Waals surface area (Å²) in [5.41, 5.74) is 0.472. The topological polar surface area (TPSA) is 67.9 Å². The number of hydrogen-bond donors (Lipinski definition) is 1. The fraction of sp³-hybridized carbons (Fsp3) is 0.294. The Kier molecular flexibility index (Phi) is 7.39. The normalized spacial score (nSPS) is 9.87. The lowest BCUT2D eigenvalue weighted by atomic mass is 10.3. The maximum Gasteiger partial charge on any atom is 0.415 e. The maximum absolute atomic E-state index is 12.1. The first-order chi connectivity index (χ1) is 11.0. The van der Waals surface area contributed by atoms with Gasteiger partial charge in [0.05, 0.1) is 6.10 Å². The van der Waals surface area contributed by atoms with Gasteiger partial charge in [-0.3, -0.25) is 5.32 Å². The number of hydrogen-bond acceptors (Lipinski definition) is 4. The summed E-state index contributed by atoms with van der Waals surface area (Å²) in [6.45, 7) is 11.4. The summed E-state index contributed by atoms with van der Waals surface area (Å²) in [5.74, 6) is 0.315. The van der Waals surface area contributed by atoms with Gasteiger partial charge < -0.3 is 14.4 Å². The summed E-state index contributed by atoms with van der Waals surface area (Å²) in [5, 5.41) is 2.57. The molecule has 0 saturated carbocycles. The van der Waals surface area contributed by atoms with E-state index in [9.17, 15) is 9.59 Å². The highest BCUT2D eigenvalue weighted by Gasteiger charge is 2.13. The third-order valence-corrected chi connectivity index (χ3v) is 2.59. The zero-order valence-corrected chi connectivity index (χ0v) is 13.5. The molecule has 1 aromatic carbocycles. The molecular formula is C17H22N2O4. The third-order valence-electron chi connectivity index (χ3n) is 2.59. The van der Waals surface area contributed by atoms with Gasteiger partial charge in [-0.1, -0.05) is 18.2 Å². The molecule has 0 heterocycles. The molecule has 0 aliphatic heterocycles. The number of ether oxygens (including phenoxy) is 2. The van der Waals surface area contributed by atoms with Crippen LogP contribution >= 0.6 is 0 Å². The highest BCUT2D eigenvalue weighted by Crippen LogP contribution is 2.18. The summed E-state index contributed by atoms with van der Waals surface area (Å²) in [7, 11) is 0. The molecule has 0 aliphatic rings. The molecule has 0 fully saturated rings. The van der Waals surface area contributed by atoms with Gasteiger partial charge in [0.2, 0.25) is 0 Å². The van der Waals surface area contributed by atoms with Crippen molar-refractivity contribution in [1.82, 2.24) is 4.90 Å². The van der Waals surface area contributed by atoms with E-state index in [1.165, 1.54) is 4.90 Å². The lowest BCUT2D eigenvalue weighted by Gasteiger charge is -2.18. The van der Waals surface area contributed by atoms with E-state index in [2.05, 4.69) is 18.5 Å². The van der Waals surface area contributed by atoms with Crippen molar-refractivity contribution in [2.24, 2.45) is 0 Å². The van der Waals surface area contributed by atoms with Gasteiger partial charge in [-0.15, -0.1) is 13.2 Å². The fourth-order valence-corrected chi connectivity index (χ4v) is 1.70. The molecule has 6 heteroatoms. The van der Waals surface area contributed by atoms with Gasteiger partial charge in [-0.2, -0.15) is 0 Å². The number of anilines is 1. The molecule has 2 amide bonds. The maximum atomic E-state index is 12.1. The fourth-order valence-electron chi connectivity index (χ4n) is 1.70. The molecule has 0 spiro atoms. The summed E-state index contributed by atoms with van der Waals surface area (Å²) in [4.78, 5) is 25.1.